The lowest BCUT2D eigenvalue weighted by molar-refractivity contribution is 0.346. The van der Waals surface area contributed by atoms with Gasteiger partial charge in [-0.05, 0) is 18.3 Å². The summed E-state index contributed by atoms with van der Waals surface area (Å²) in [5, 5.41) is 0. The highest BCUT2D eigenvalue weighted by atomic mass is 16.1. The molecule has 0 heterocycles. The molecule has 0 atom stereocenters. The Morgan fingerprint density at radius 3 is 2.25 bits per heavy atom. The number of nitrogens with zero attached hydrogens (tertiary/aromatic N) is 1. The summed E-state index contributed by atoms with van der Waals surface area (Å²) in [5.41, 5.74) is -0.0130. The van der Waals surface area contributed by atoms with Crippen LogP contribution in [0.4, 0.5) is 0 Å². The van der Waals surface area contributed by atoms with Gasteiger partial charge in [-0.3, -0.25) is 0 Å². The Morgan fingerprint density at radius 1 is 1.42 bits per heavy atom. The van der Waals surface area contributed by atoms with E-state index in [2.05, 4.69) is 25.1 Å². The van der Waals surface area contributed by atoms with Gasteiger partial charge in [0.05, 0.1) is 6.54 Å². The van der Waals surface area contributed by atoms with Crippen molar-refractivity contribution in [3.8, 4) is 0 Å². The third-order valence-electron chi connectivity index (χ3n) is 1.80. The molecule has 0 radical (unpaired) electrons. The van der Waals surface area contributed by atoms with Crippen LogP contribution >= 0.6 is 0 Å². The molecule has 0 fully saturated rings. The standard InChI is InChI=1S/C10H15NO/c1-4-6-10(3,7-5-2)8-11-9-12/h4-5H,1-2,6-8H2,3H3. The van der Waals surface area contributed by atoms with Crippen LogP contribution in [0, 0.1) is 5.41 Å². The lowest BCUT2D eigenvalue weighted by Gasteiger charge is -2.23. The smallest absolute Gasteiger partial charge is 0.211 e. The Bertz CT molecular complexity index is 192. The molecule has 0 bridgehead atoms. The summed E-state index contributed by atoms with van der Waals surface area (Å²) < 4.78 is 0. The maximum Gasteiger partial charge on any atom is 0.234 e. The summed E-state index contributed by atoms with van der Waals surface area (Å²) >= 11 is 0. The van der Waals surface area contributed by atoms with Crippen LogP contribution in [0.1, 0.15) is 19.8 Å². The second-order valence-electron chi connectivity index (χ2n) is 3.20. The van der Waals surface area contributed by atoms with Gasteiger partial charge in [0, 0.05) is 0 Å². The summed E-state index contributed by atoms with van der Waals surface area (Å²) in [4.78, 5) is 13.5. The molecular formula is C10H15NO. The fraction of sp³-hybridized carbons (Fsp3) is 0.500. The fourth-order valence-electron chi connectivity index (χ4n) is 1.13. The molecule has 0 aromatic rings. The summed E-state index contributed by atoms with van der Waals surface area (Å²) in [5.74, 6) is 0. The van der Waals surface area contributed by atoms with Gasteiger partial charge in [0.15, 0.2) is 0 Å². The monoisotopic (exact) mass is 165 g/mol. The minimum absolute atomic E-state index is 0.0130. The molecule has 66 valence electrons. The van der Waals surface area contributed by atoms with E-state index in [9.17, 15) is 4.79 Å². The molecule has 0 N–H and O–H groups in total. The van der Waals surface area contributed by atoms with Crippen molar-refractivity contribution < 1.29 is 4.79 Å². The Balaban J connectivity index is 4.24. The van der Waals surface area contributed by atoms with Gasteiger partial charge in [-0.1, -0.05) is 19.1 Å². The predicted molar refractivity (Wildman–Crippen MR) is 50.7 cm³/mol. The predicted octanol–water partition coefficient (Wildman–Crippen LogP) is 2.48. The van der Waals surface area contributed by atoms with E-state index in [4.69, 9.17) is 0 Å². The maximum atomic E-state index is 9.92. The summed E-state index contributed by atoms with van der Waals surface area (Å²) in [6, 6.07) is 0. The zero-order valence-electron chi connectivity index (χ0n) is 7.55. The third-order valence-corrected chi connectivity index (χ3v) is 1.80. The molecule has 0 aliphatic carbocycles. The van der Waals surface area contributed by atoms with Crippen LogP contribution in [0.25, 0.3) is 0 Å². The highest BCUT2D eigenvalue weighted by Gasteiger charge is 2.20. The highest BCUT2D eigenvalue weighted by molar-refractivity contribution is 5.33. The first kappa shape index (κ1) is 10.9. The Kier molecular flexibility index (Phi) is 4.98. The molecule has 0 aromatic carbocycles. The molecule has 0 spiro atoms. The van der Waals surface area contributed by atoms with Crippen molar-refractivity contribution in [3.05, 3.63) is 25.3 Å². The zero-order chi connectivity index (χ0) is 9.45. The normalized spacial score (nSPS) is 10.1. The molecule has 2 heteroatoms. The average Bonchev–Trinajstić information content (AvgIpc) is 2.02. The Hall–Kier alpha value is -1.14. The van der Waals surface area contributed by atoms with Crippen molar-refractivity contribution in [2.24, 2.45) is 10.4 Å². The molecule has 0 aliphatic rings. The number of hydrogen-bond acceptors (Lipinski definition) is 2. The molecule has 2 nitrogen and oxygen atoms in total. The molecule has 0 amide bonds. The summed E-state index contributed by atoms with van der Waals surface area (Å²) in [7, 11) is 0. The lowest BCUT2D eigenvalue weighted by atomic mass is 9.83. The van der Waals surface area contributed by atoms with E-state index in [1.807, 2.05) is 12.2 Å². The van der Waals surface area contributed by atoms with Crippen LogP contribution in [0.5, 0.6) is 0 Å². The average molecular weight is 165 g/mol. The SMILES string of the molecule is C=CCC(C)(CC=C)CN=C=O. The van der Waals surface area contributed by atoms with E-state index in [-0.39, 0.29) is 5.41 Å². The number of allylic oxidation sites excluding steroid dienone is 2. The van der Waals surface area contributed by atoms with Crippen LogP contribution in [-0.4, -0.2) is 12.6 Å². The van der Waals surface area contributed by atoms with Crippen LogP contribution in [-0.2, 0) is 4.79 Å². The first-order valence-corrected chi connectivity index (χ1v) is 3.94. The molecule has 0 aromatic heterocycles. The van der Waals surface area contributed by atoms with Gasteiger partial charge in [-0.15, -0.1) is 13.2 Å². The molecule has 0 saturated carbocycles. The maximum absolute atomic E-state index is 9.92. The number of carbonyl (C=O) groups excluding carboxylic acids is 1. The van der Waals surface area contributed by atoms with E-state index in [1.54, 1.807) is 6.08 Å². The van der Waals surface area contributed by atoms with E-state index < -0.39 is 0 Å². The summed E-state index contributed by atoms with van der Waals surface area (Å²) in [6.45, 7) is 9.87. The molecular weight excluding hydrogens is 150 g/mol. The van der Waals surface area contributed by atoms with Crippen LogP contribution in [0.15, 0.2) is 30.3 Å². The number of rotatable bonds is 6. The molecule has 0 unspecified atom stereocenters. The van der Waals surface area contributed by atoms with Gasteiger partial charge >= 0.3 is 0 Å². The minimum Gasteiger partial charge on any atom is -0.211 e. The minimum atomic E-state index is -0.0130. The van der Waals surface area contributed by atoms with E-state index in [0.29, 0.717) is 6.54 Å². The third kappa shape index (κ3) is 3.89. The largest absolute Gasteiger partial charge is 0.234 e. The van der Waals surface area contributed by atoms with Crippen LogP contribution in [0.2, 0.25) is 0 Å². The van der Waals surface area contributed by atoms with Crippen molar-refractivity contribution in [2.75, 3.05) is 6.54 Å². The highest BCUT2D eigenvalue weighted by Crippen LogP contribution is 2.26. The molecule has 0 saturated heterocycles. The van der Waals surface area contributed by atoms with E-state index >= 15 is 0 Å². The first-order valence-electron chi connectivity index (χ1n) is 3.94. The second-order valence-corrected chi connectivity index (χ2v) is 3.20. The number of hydrogen-bond donors (Lipinski definition) is 0. The van der Waals surface area contributed by atoms with Gasteiger partial charge in [0.1, 0.15) is 0 Å². The van der Waals surface area contributed by atoms with Gasteiger partial charge in [0.25, 0.3) is 0 Å². The van der Waals surface area contributed by atoms with Crippen molar-refractivity contribution in [1.29, 1.82) is 0 Å². The van der Waals surface area contributed by atoms with Crippen molar-refractivity contribution in [1.82, 2.24) is 0 Å². The number of aliphatic imine (C=N–C) groups is 1. The summed E-state index contributed by atoms with van der Waals surface area (Å²) in [6.07, 6.45) is 6.90. The Labute approximate surface area is 73.7 Å². The van der Waals surface area contributed by atoms with Crippen molar-refractivity contribution in [2.45, 2.75) is 19.8 Å². The van der Waals surface area contributed by atoms with E-state index in [1.165, 1.54) is 0 Å². The lowest BCUT2D eigenvalue weighted by Crippen LogP contribution is -2.18. The molecule has 12 heavy (non-hydrogen) atoms. The van der Waals surface area contributed by atoms with Gasteiger partial charge in [-0.25, -0.2) is 9.79 Å². The Morgan fingerprint density at radius 2 is 1.92 bits per heavy atom. The zero-order valence-corrected chi connectivity index (χ0v) is 7.55. The molecule has 0 aliphatic heterocycles. The fourth-order valence-corrected chi connectivity index (χ4v) is 1.13. The topological polar surface area (TPSA) is 29.4 Å². The van der Waals surface area contributed by atoms with Crippen molar-refractivity contribution >= 4 is 6.08 Å². The van der Waals surface area contributed by atoms with Gasteiger partial charge < -0.3 is 0 Å². The van der Waals surface area contributed by atoms with Crippen molar-refractivity contribution in [3.63, 3.8) is 0 Å². The number of isocyanates is 1. The van der Waals surface area contributed by atoms with Crippen LogP contribution in [0.3, 0.4) is 0 Å². The quantitative estimate of drug-likeness (QED) is 0.338. The second kappa shape index (κ2) is 5.50. The van der Waals surface area contributed by atoms with Gasteiger partial charge in [0.2, 0.25) is 6.08 Å². The molecule has 0 rings (SSSR count). The van der Waals surface area contributed by atoms with E-state index in [0.717, 1.165) is 12.8 Å². The first-order chi connectivity index (χ1) is 5.68. The van der Waals surface area contributed by atoms with Crippen LogP contribution < -0.4 is 0 Å². The van der Waals surface area contributed by atoms with Gasteiger partial charge in [-0.2, -0.15) is 0 Å².